The highest BCUT2D eigenvalue weighted by Gasteiger charge is 2.25. The maximum Gasteiger partial charge on any atom is 0.417 e. The number of H-pyrrole nitrogens is 1. The van der Waals surface area contributed by atoms with Crippen LogP contribution in [0.25, 0.3) is 11.1 Å². The number of nitrogens with zero attached hydrogens (tertiary/aromatic N) is 1. The molecule has 1 aromatic heterocycles. The normalized spacial score (nSPS) is 16.2. The fourth-order valence-corrected chi connectivity index (χ4v) is 6.33. The summed E-state index contributed by atoms with van der Waals surface area (Å²) < 4.78 is 59.8. The summed E-state index contributed by atoms with van der Waals surface area (Å²) in [5.74, 6) is -0.649. The van der Waals surface area contributed by atoms with Gasteiger partial charge in [-0.2, -0.15) is 4.31 Å². The van der Waals surface area contributed by atoms with Gasteiger partial charge in [-0.1, -0.05) is 25.0 Å². The number of rotatable bonds is 7. The smallest absolute Gasteiger partial charge is 0.408 e. The number of fused-ring (bicyclic) bond motifs is 1. The first kappa shape index (κ1) is 22.7. The molecular weight excluding hydrogens is 454 g/mol. The first-order valence-corrected chi connectivity index (χ1v) is 13.4. The Morgan fingerprint density at radius 2 is 1.56 bits per heavy atom. The minimum absolute atomic E-state index is 0.00774. The molecule has 0 spiro atoms. The Bertz CT molecular complexity index is 1350. The van der Waals surface area contributed by atoms with Crippen molar-refractivity contribution in [2.45, 2.75) is 41.9 Å². The number of sulfonamides is 2. The lowest BCUT2D eigenvalue weighted by atomic mass is 10.2. The van der Waals surface area contributed by atoms with E-state index in [1.54, 1.807) is 28.6 Å². The molecule has 0 amide bonds. The van der Waals surface area contributed by atoms with Crippen molar-refractivity contribution in [3.8, 4) is 0 Å². The van der Waals surface area contributed by atoms with Crippen LogP contribution >= 0.6 is 0 Å². The molecule has 0 bridgehead atoms. The predicted octanol–water partition coefficient (Wildman–Crippen LogP) is 2.21. The Balaban J connectivity index is 1.38. The average molecular weight is 480 g/mol. The third-order valence-electron chi connectivity index (χ3n) is 5.53. The van der Waals surface area contributed by atoms with Gasteiger partial charge in [0.25, 0.3) is 0 Å². The van der Waals surface area contributed by atoms with Crippen molar-refractivity contribution >= 4 is 31.1 Å². The lowest BCUT2D eigenvalue weighted by molar-refractivity contribution is 0.423. The van der Waals surface area contributed by atoms with Crippen molar-refractivity contribution in [1.29, 1.82) is 0 Å². The third kappa shape index (κ3) is 4.96. The number of benzene rings is 2. The van der Waals surface area contributed by atoms with E-state index in [2.05, 4.69) is 9.71 Å². The van der Waals surface area contributed by atoms with Crippen molar-refractivity contribution < 1.29 is 21.3 Å². The third-order valence-corrected chi connectivity index (χ3v) is 8.91. The number of aromatic nitrogens is 1. The monoisotopic (exact) mass is 479 g/mol. The van der Waals surface area contributed by atoms with E-state index in [1.165, 1.54) is 18.2 Å². The summed E-state index contributed by atoms with van der Waals surface area (Å²) in [5, 5.41) is 0. The molecule has 1 fully saturated rings. The molecule has 0 radical (unpaired) electrons. The Morgan fingerprint density at radius 3 is 2.25 bits per heavy atom. The summed E-state index contributed by atoms with van der Waals surface area (Å²) in [7, 11) is -7.30. The summed E-state index contributed by atoms with van der Waals surface area (Å²) >= 11 is 0. The van der Waals surface area contributed by atoms with Crippen LogP contribution in [-0.2, 0) is 26.5 Å². The van der Waals surface area contributed by atoms with Crippen molar-refractivity contribution in [3.63, 3.8) is 0 Å². The molecule has 2 aromatic carbocycles. The second-order valence-corrected chi connectivity index (χ2v) is 11.5. The summed E-state index contributed by atoms with van der Waals surface area (Å²) in [6, 6.07) is 10.7. The summed E-state index contributed by atoms with van der Waals surface area (Å²) in [5.41, 5.74) is 1.40. The molecule has 0 saturated carbocycles. The zero-order chi connectivity index (χ0) is 22.8. The first-order valence-electron chi connectivity index (χ1n) is 10.5. The molecule has 2 N–H and O–H groups in total. The van der Waals surface area contributed by atoms with Gasteiger partial charge in [-0.3, -0.25) is 4.98 Å². The van der Waals surface area contributed by atoms with Crippen LogP contribution in [0.15, 0.2) is 61.5 Å². The van der Waals surface area contributed by atoms with Gasteiger partial charge in [0, 0.05) is 25.7 Å². The van der Waals surface area contributed by atoms with Crippen LogP contribution in [0.2, 0.25) is 0 Å². The molecule has 11 heteroatoms. The molecule has 3 aromatic rings. The maximum atomic E-state index is 12.9. The summed E-state index contributed by atoms with van der Waals surface area (Å²) in [4.78, 5) is 13.9. The van der Waals surface area contributed by atoms with Gasteiger partial charge < -0.3 is 4.42 Å². The minimum Gasteiger partial charge on any atom is -0.408 e. The zero-order valence-corrected chi connectivity index (χ0v) is 19.0. The summed E-state index contributed by atoms with van der Waals surface area (Å²) in [6.45, 7) is 1.23. The summed E-state index contributed by atoms with van der Waals surface area (Å²) in [6.07, 6.45) is 4.24. The van der Waals surface area contributed by atoms with Gasteiger partial charge in [-0.15, -0.1) is 0 Å². The van der Waals surface area contributed by atoms with Gasteiger partial charge in [-0.05, 0) is 49.1 Å². The van der Waals surface area contributed by atoms with E-state index in [-0.39, 0.29) is 21.9 Å². The molecule has 1 aliphatic heterocycles. The highest BCUT2D eigenvalue weighted by atomic mass is 32.2. The Kier molecular flexibility index (Phi) is 6.52. The van der Waals surface area contributed by atoms with Crippen molar-refractivity contribution in [3.05, 3.63) is 58.6 Å². The van der Waals surface area contributed by atoms with E-state index in [0.29, 0.717) is 25.0 Å². The molecule has 0 atom stereocenters. The Labute approximate surface area is 186 Å². The molecule has 4 rings (SSSR count). The molecule has 0 aliphatic carbocycles. The zero-order valence-electron chi connectivity index (χ0n) is 17.4. The molecule has 9 nitrogen and oxygen atoms in total. The number of hydrogen-bond acceptors (Lipinski definition) is 6. The first-order chi connectivity index (χ1) is 15.3. The van der Waals surface area contributed by atoms with Crippen LogP contribution in [0, 0.1) is 0 Å². The number of oxazole rings is 1. The van der Waals surface area contributed by atoms with Crippen LogP contribution < -0.4 is 10.5 Å². The number of aromatic amines is 1. The van der Waals surface area contributed by atoms with Crippen LogP contribution in [0.1, 0.15) is 31.2 Å². The topological polar surface area (TPSA) is 130 Å². The number of nitrogens with one attached hydrogen (secondary N) is 2. The predicted molar refractivity (Wildman–Crippen MR) is 119 cm³/mol. The second-order valence-electron chi connectivity index (χ2n) is 7.78. The molecular formula is C21H25N3O6S2. The highest BCUT2D eigenvalue weighted by molar-refractivity contribution is 7.89. The van der Waals surface area contributed by atoms with Crippen LogP contribution in [0.5, 0.6) is 0 Å². The molecule has 1 aliphatic rings. The fourth-order valence-electron chi connectivity index (χ4n) is 3.77. The molecule has 32 heavy (non-hydrogen) atoms. The maximum absolute atomic E-state index is 12.9. The molecule has 0 unspecified atom stereocenters. The van der Waals surface area contributed by atoms with Gasteiger partial charge in [0.2, 0.25) is 20.0 Å². The van der Waals surface area contributed by atoms with Gasteiger partial charge in [-0.25, -0.2) is 26.4 Å². The molecule has 1 saturated heterocycles. The van der Waals surface area contributed by atoms with Crippen molar-refractivity contribution in [2.75, 3.05) is 19.6 Å². The van der Waals surface area contributed by atoms with Gasteiger partial charge in [0.1, 0.15) is 0 Å². The largest absolute Gasteiger partial charge is 0.417 e. The molecule has 172 valence electrons. The lowest BCUT2D eigenvalue weighted by Crippen LogP contribution is -2.31. The van der Waals surface area contributed by atoms with E-state index in [9.17, 15) is 21.6 Å². The van der Waals surface area contributed by atoms with Crippen molar-refractivity contribution in [2.24, 2.45) is 0 Å². The SMILES string of the molecule is O=c1[nH]c2ccc(S(=O)(=O)NCCc3ccc(S(=O)(=O)N4CCCCCC4)cc3)cc2o1. The van der Waals surface area contributed by atoms with E-state index < -0.39 is 25.8 Å². The standard InChI is InChI=1S/C21H25N3O6S2/c25-21-23-19-10-9-18(15-20(19)30-21)31(26,27)22-12-11-16-5-7-17(8-6-16)32(28,29)24-13-3-1-2-4-14-24/h5-10,15,22H,1-4,11-14H2,(H,23,25). The highest BCUT2D eigenvalue weighted by Crippen LogP contribution is 2.21. The molecule has 2 heterocycles. The van der Waals surface area contributed by atoms with E-state index in [1.807, 2.05) is 0 Å². The Morgan fingerprint density at radius 1 is 0.906 bits per heavy atom. The van der Waals surface area contributed by atoms with Crippen LogP contribution in [-0.4, -0.2) is 45.8 Å². The van der Waals surface area contributed by atoms with Crippen molar-refractivity contribution in [1.82, 2.24) is 14.0 Å². The second kappa shape index (κ2) is 9.18. The van der Waals surface area contributed by atoms with Gasteiger partial charge in [0.15, 0.2) is 5.58 Å². The fraction of sp³-hybridized carbons (Fsp3) is 0.381. The Hall–Kier alpha value is -2.47. The average Bonchev–Trinajstić information content (AvgIpc) is 2.94. The van der Waals surface area contributed by atoms with Crippen LogP contribution in [0.4, 0.5) is 0 Å². The lowest BCUT2D eigenvalue weighted by Gasteiger charge is -2.20. The van der Waals surface area contributed by atoms with E-state index in [4.69, 9.17) is 4.42 Å². The van der Waals surface area contributed by atoms with Crippen LogP contribution in [0.3, 0.4) is 0 Å². The van der Waals surface area contributed by atoms with Gasteiger partial charge >= 0.3 is 5.76 Å². The minimum atomic E-state index is -3.79. The van der Waals surface area contributed by atoms with E-state index in [0.717, 1.165) is 31.2 Å². The van der Waals surface area contributed by atoms with E-state index >= 15 is 0 Å². The van der Waals surface area contributed by atoms with Gasteiger partial charge in [0.05, 0.1) is 15.3 Å². The number of hydrogen-bond donors (Lipinski definition) is 2. The quantitative estimate of drug-likeness (QED) is 0.534.